The second kappa shape index (κ2) is 3.99. The molecule has 0 bridgehead atoms. The molecule has 16 heavy (non-hydrogen) atoms. The van der Waals surface area contributed by atoms with Gasteiger partial charge in [-0.05, 0) is 0 Å². The molecule has 0 spiro atoms. The van der Waals surface area contributed by atoms with E-state index in [-0.39, 0.29) is 23.9 Å². The predicted octanol–water partition coefficient (Wildman–Crippen LogP) is 1.49. The van der Waals surface area contributed by atoms with Crippen LogP contribution in [0.1, 0.15) is 20.7 Å². The Morgan fingerprint density at radius 2 is 1.88 bits per heavy atom. The van der Waals surface area contributed by atoms with Gasteiger partial charge in [-0.15, -0.1) is 0 Å². The van der Waals surface area contributed by atoms with Crippen LogP contribution in [-0.4, -0.2) is 18.2 Å². The number of fused-ring (bicyclic) bond motifs is 1. The van der Waals surface area contributed by atoms with Crippen LogP contribution in [0.25, 0.3) is 0 Å². The highest BCUT2D eigenvalue weighted by molar-refractivity contribution is 6.23. The van der Waals surface area contributed by atoms with Crippen molar-refractivity contribution in [3.05, 3.63) is 47.2 Å². The molecule has 78 valence electrons. The van der Waals surface area contributed by atoms with Crippen LogP contribution in [0, 0.1) is 11.3 Å². The van der Waals surface area contributed by atoms with Gasteiger partial charge in [-0.3, -0.25) is 9.59 Å². The highest BCUT2D eigenvalue weighted by Gasteiger charge is 2.26. The Morgan fingerprint density at radius 1 is 1.19 bits per heavy atom. The van der Waals surface area contributed by atoms with Gasteiger partial charge in [0, 0.05) is 17.2 Å². The molecule has 0 amide bonds. The first-order valence-corrected chi connectivity index (χ1v) is 4.63. The van der Waals surface area contributed by atoms with Crippen LogP contribution in [0.4, 0.5) is 0 Å². The summed E-state index contributed by atoms with van der Waals surface area (Å²) in [4.78, 5) is 23.4. The molecule has 0 atom stereocenters. The standard InChI is InChI=1S/C12H7NO3/c13-5-6-16-11-7-10(14)8-3-1-2-4-9(8)12(11)15/h1-4,7H,6H2. The number of ether oxygens (including phenoxy) is 1. The van der Waals surface area contributed by atoms with Gasteiger partial charge in [0.1, 0.15) is 6.07 Å². The molecule has 0 saturated heterocycles. The number of allylic oxidation sites excluding steroid dienone is 2. The van der Waals surface area contributed by atoms with Crippen molar-refractivity contribution in [3.63, 3.8) is 0 Å². The SMILES string of the molecule is N#CCOC1=CC(=O)c2ccccc2C1=O. The molecule has 2 rings (SSSR count). The van der Waals surface area contributed by atoms with Crippen LogP contribution in [0.5, 0.6) is 0 Å². The van der Waals surface area contributed by atoms with Gasteiger partial charge in [-0.1, -0.05) is 24.3 Å². The van der Waals surface area contributed by atoms with E-state index >= 15 is 0 Å². The summed E-state index contributed by atoms with van der Waals surface area (Å²) in [5, 5.41) is 8.35. The van der Waals surface area contributed by atoms with E-state index in [9.17, 15) is 9.59 Å². The summed E-state index contributed by atoms with van der Waals surface area (Å²) in [6, 6.07) is 8.28. The first-order valence-electron chi connectivity index (χ1n) is 4.63. The average Bonchev–Trinajstić information content (AvgIpc) is 2.32. The van der Waals surface area contributed by atoms with Crippen molar-refractivity contribution in [1.29, 1.82) is 5.26 Å². The van der Waals surface area contributed by atoms with Crippen LogP contribution < -0.4 is 0 Å². The number of Topliss-reactive ketones (excluding diaryl/α,β-unsaturated/α-hetero) is 1. The summed E-state index contributed by atoms with van der Waals surface area (Å²) in [6.45, 7) is -0.243. The summed E-state index contributed by atoms with van der Waals surface area (Å²) in [7, 11) is 0. The van der Waals surface area contributed by atoms with Crippen molar-refractivity contribution in [1.82, 2.24) is 0 Å². The van der Waals surface area contributed by atoms with Crippen LogP contribution in [0.15, 0.2) is 36.1 Å². The van der Waals surface area contributed by atoms with Crippen molar-refractivity contribution in [2.75, 3.05) is 6.61 Å². The molecule has 4 heteroatoms. The number of nitrogens with zero attached hydrogens (tertiary/aromatic N) is 1. The molecular formula is C12H7NO3. The zero-order chi connectivity index (χ0) is 11.5. The molecule has 1 aromatic carbocycles. The fourth-order valence-electron chi connectivity index (χ4n) is 1.51. The van der Waals surface area contributed by atoms with Crippen molar-refractivity contribution in [2.24, 2.45) is 0 Å². The monoisotopic (exact) mass is 213 g/mol. The quantitative estimate of drug-likeness (QED) is 0.746. The summed E-state index contributed by atoms with van der Waals surface area (Å²) in [5.41, 5.74) is 0.694. The largest absolute Gasteiger partial charge is 0.474 e. The number of hydrogen-bond acceptors (Lipinski definition) is 4. The Hall–Kier alpha value is -2.41. The minimum atomic E-state index is -0.356. The zero-order valence-corrected chi connectivity index (χ0v) is 8.27. The normalized spacial score (nSPS) is 13.8. The first-order chi connectivity index (χ1) is 7.74. The number of benzene rings is 1. The topological polar surface area (TPSA) is 67.2 Å². The number of ketones is 2. The fourth-order valence-corrected chi connectivity index (χ4v) is 1.51. The maximum absolute atomic E-state index is 11.8. The predicted molar refractivity (Wildman–Crippen MR) is 54.8 cm³/mol. The second-order valence-electron chi connectivity index (χ2n) is 3.19. The second-order valence-corrected chi connectivity index (χ2v) is 3.19. The number of hydrogen-bond donors (Lipinski definition) is 0. The smallest absolute Gasteiger partial charge is 0.228 e. The Balaban J connectivity index is 2.40. The summed E-state index contributed by atoms with van der Waals surface area (Å²) >= 11 is 0. The van der Waals surface area contributed by atoms with Gasteiger partial charge < -0.3 is 4.74 Å². The number of nitriles is 1. The maximum Gasteiger partial charge on any atom is 0.228 e. The van der Waals surface area contributed by atoms with E-state index in [4.69, 9.17) is 10.00 Å². The molecule has 1 aliphatic rings. The zero-order valence-electron chi connectivity index (χ0n) is 8.27. The lowest BCUT2D eigenvalue weighted by atomic mass is 9.94. The van der Waals surface area contributed by atoms with E-state index in [0.29, 0.717) is 11.1 Å². The minimum Gasteiger partial charge on any atom is -0.474 e. The molecule has 0 saturated carbocycles. The van der Waals surface area contributed by atoms with Crippen LogP contribution in [-0.2, 0) is 4.74 Å². The highest BCUT2D eigenvalue weighted by Crippen LogP contribution is 2.21. The summed E-state index contributed by atoms with van der Waals surface area (Å²) in [5.74, 6) is -0.696. The van der Waals surface area contributed by atoms with Crippen molar-refractivity contribution in [3.8, 4) is 6.07 Å². The molecule has 1 aliphatic carbocycles. The molecule has 0 aliphatic heterocycles. The molecule has 0 N–H and O–H groups in total. The third-order valence-electron chi connectivity index (χ3n) is 2.22. The molecule has 0 unspecified atom stereocenters. The van der Waals surface area contributed by atoms with Gasteiger partial charge in [0.25, 0.3) is 0 Å². The maximum atomic E-state index is 11.8. The highest BCUT2D eigenvalue weighted by atomic mass is 16.5. The van der Waals surface area contributed by atoms with Gasteiger partial charge in [-0.2, -0.15) is 5.26 Å². The third-order valence-corrected chi connectivity index (χ3v) is 2.22. The average molecular weight is 213 g/mol. The van der Waals surface area contributed by atoms with E-state index in [1.807, 2.05) is 0 Å². The van der Waals surface area contributed by atoms with E-state index in [2.05, 4.69) is 0 Å². The van der Waals surface area contributed by atoms with E-state index in [1.54, 1.807) is 30.3 Å². The van der Waals surface area contributed by atoms with E-state index in [0.717, 1.165) is 6.08 Å². The molecule has 0 heterocycles. The third kappa shape index (κ3) is 1.59. The van der Waals surface area contributed by atoms with Crippen molar-refractivity contribution in [2.45, 2.75) is 0 Å². The first kappa shape index (κ1) is 10.1. The molecule has 0 radical (unpaired) electrons. The lowest BCUT2D eigenvalue weighted by molar-refractivity contribution is 0.0902. The van der Waals surface area contributed by atoms with E-state index < -0.39 is 0 Å². The van der Waals surface area contributed by atoms with Crippen LogP contribution >= 0.6 is 0 Å². The van der Waals surface area contributed by atoms with Gasteiger partial charge in [0.2, 0.25) is 5.78 Å². The van der Waals surface area contributed by atoms with Crippen LogP contribution in [0.2, 0.25) is 0 Å². The Bertz CT molecular complexity index is 537. The fraction of sp³-hybridized carbons (Fsp3) is 0.0833. The summed E-state index contributed by atoms with van der Waals surface area (Å²) in [6.07, 6.45) is 1.13. The van der Waals surface area contributed by atoms with Crippen molar-refractivity contribution < 1.29 is 14.3 Å². The number of rotatable bonds is 2. The molecule has 1 aromatic rings. The molecule has 0 fully saturated rings. The lowest BCUT2D eigenvalue weighted by Crippen LogP contribution is -2.18. The van der Waals surface area contributed by atoms with Gasteiger partial charge >= 0.3 is 0 Å². The number of carbonyl (C=O) groups excluding carboxylic acids is 2. The summed E-state index contributed by atoms with van der Waals surface area (Å²) < 4.78 is 4.90. The lowest BCUT2D eigenvalue weighted by Gasteiger charge is -2.13. The molecule has 0 aromatic heterocycles. The molecule has 4 nitrogen and oxygen atoms in total. The Morgan fingerprint density at radius 3 is 2.56 bits per heavy atom. The van der Waals surface area contributed by atoms with E-state index in [1.165, 1.54) is 0 Å². The molecular weight excluding hydrogens is 206 g/mol. The number of carbonyl (C=O) groups is 2. The van der Waals surface area contributed by atoms with Gasteiger partial charge in [0.05, 0.1) is 0 Å². The Kier molecular flexibility index (Phi) is 2.52. The van der Waals surface area contributed by atoms with Gasteiger partial charge in [0.15, 0.2) is 18.1 Å². The Labute approximate surface area is 91.8 Å². The van der Waals surface area contributed by atoms with Gasteiger partial charge in [-0.25, -0.2) is 0 Å². The van der Waals surface area contributed by atoms with Crippen LogP contribution in [0.3, 0.4) is 0 Å². The minimum absolute atomic E-state index is 0.0646. The van der Waals surface area contributed by atoms with Crippen molar-refractivity contribution >= 4 is 11.6 Å².